The maximum absolute atomic E-state index is 12.4. The van der Waals surface area contributed by atoms with Gasteiger partial charge >= 0.3 is 5.88 Å². The number of amides is 1. The van der Waals surface area contributed by atoms with E-state index in [1.165, 1.54) is 12.1 Å². The van der Waals surface area contributed by atoms with Gasteiger partial charge in [-0.15, -0.1) is 0 Å². The van der Waals surface area contributed by atoms with Crippen molar-refractivity contribution >= 4 is 11.8 Å². The molecule has 0 bridgehead atoms. The molecule has 0 N–H and O–H groups in total. The van der Waals surface area contributed by atoms with Gasteiger partial charge in [-0.1, -0.05) is 0 Å². The number of carbonyl (C=O) groups excluding carboxylic acids is 1. The van der Waals surface area contributed by atoms with Crippen LogP contribution in [-0.2, 0) is 6.54 Å². The summed E-state index contributed by atoms with van der Waals surface area (Å²) in [5, 5.41) is 10.6. The van der Waals surface area contributed by atoms with Crippen LogP contribution < -0.4 is 0 Å². The van der Waals surface area contributed by atoms with Gasteiger partial charge in [0.15, 0.2) is 5.76 Å². The fourth-order valence-corrected chi connectivity index (χ4v) is 2.54. The Morgan fingerprint density at radius 2 is 2.20 bits per heavy atom. The summed E-state index contributed by atoms with van der Waals surface area (Å²) in [4.78, 5) is 24.0. The van der Waals surface area contributed by atoms with Crippen molar-refractivity contribution in [2.75, 3.05) is 6.54 Å². The Kier molecular flexibility index (Phi) is 2.81. The Hall–Kier alpha value is -2.57. The van der Waals surface area contributed by atoms with Crippen molar-refractivity contribution in [3.05, 3.63) is 52.0 Å². The molecule has 0 aliphatic carbocycles. The Morgan fingerprint density at radius 3 is 2.90 bits per heavy atom. The van der Waals surface area contributed by atoms with E-state index in [0.717, 1.165) is 5.69 Å². The maximum Gasteiger partial charge on any atom is 0.433 e. The van der Waals surface area contributed by atoms with Crippen LogP contribution >= 0.6 is 0 Å². The second-order valence-corrected chi connectivity index (χ2v) is 4.70. The second-order valence-electron chi connectivity index (χ2n) is 4.70. The molecule has 0 saturated carbocycles. The molecule has 0 aromatic carbocycles. The van der Waals surface area contributed by atoms with Crippen LogP contribution in [0.5, 0.6) is 0 Å². The highest BCUT2D eigenvalue weighted by atomic mass is 16.6. The number of furan rings is 1. The standard InChI is InChI=1S/C13H13N3O4/c1-9-10-3-2-6-14(10)7-8-15(9)13(17)11-4-5-12(20-11)16(18)19/h2-6,9H,7-8H2,1H3/t9-/m0/s1. The molecule has 1 atom stereocenters. The fraction of sp³-hybridized carbons (Fsp3) is 0.308. The first-order valence-electron chi connectivity index (χ1n) is 6.28. The van der Waals surface area contributed by atoms with Crippen molar-refractivity contribution in [1.82, 2.24) is 9.47 Å². The molecule has 3 rings (SSSR count). The van der Waals surface area contributed by atoms with E-state index in [9.17, 15) is 14.9 Å². The highest BCUT2D eigenvalue weighted by molar-refractivity contribution is 5.92. The van der Waals surface area contributed by atoms with Crippen molar-refractivity contribution in [1.29, 1.82) is 0 Å². The third-order valence-electron chi connectivity index (χ3n) is 3.59. The summed E-state index contributed by atoms with van der Waals surface area (Å²) in [6, 6.07) is 6.37. The van der Waals surface area contributed by atoms with Crippen molar-refractivity contribution in [2.24, 2.45) is 0 Å². The van der Waals surface area contributed by atoms with Crippen molar-refractivity contribution in [3.8, 4) is 0 Å². The molecular formula is C13H13N3O4. The average Bonchev–Trinajstić information content (AvgIpc) is 3.08. The number of hydrogen-bond donors (Lipinski definition) is 0. The molecule has 0 saturated heterocycles. The van der Waals surface area contributed by atoms with Gasteiger partial charge < -0.3 is 13.9 Å². The van der Waals surface area contributed by atoms with Crippen LogP contribution in [0.2, 0.25) is 0 Å². The SMILES string of the molecule is C[C@H]1c2cccn2CCN1C(=O)c1ccc([N+](=O)[O-])o1. The lowest BCUT2D eigenvalue weighted by atomic mass is 10.1. The lowest BCUT2D eigenvalue weighted by Crippen LogP contribution is -2.40. The van der Waals surface area contributed by atoms with Crippen LogP contribution in [-0.4, -0.2) is 26.8 Å². The number of carbonyl (C=O) groups is 1. The summed E-state index contributed by atoms with van der Waals surface area (Å²) in [7, 11) is 0. The number of nitro groups is 1. The Morgan fingerprint density at radius 1 is 1.40 bits per heavy atom. The summed E-state index contributed by atoms with van der Waals surface area (Å²) in [6.07, 6.45) is 1.98. The van der Waals surface area contributed by atoms with E-state index < -0.39 is 10.8 Å². The van der Waals surface area contributed by atoms with Gasteiger partial charge in [-0.3, -0.25) is 14.9 Å². The molecule has 0 radical (unpaired) electrons. The van der Waals surface area contributed by atoms with Crippen molar-refractivity contribution in [2.45, 2.75) is 19.5 Å². The van der Waals surface area contributed by atoms with E-state index in [1.54, 1.807) is 4.90 Å². The second kappa shape index (κ2) is 4.52. The highest BCUT2D eigenvalue weighted by Crippen LogP contribution is 2.28. The molecule has 0 unspecified atom stereocenters. The molecular weight excluding hydrogens is 262 g/mol. The van der Waals surface area contributed by atoms with Crippen LogP contribution in [0.25, 0.3) is 0 Å². The predicted octanol–water partition coefficient (Wildman–Crippen LogP) is 2.21. The summed E-state index contributed by atoms with van der Waals surface area (Å²) in [6.45, 7) is 3.19. The third-order valence-corrected chi connectivity index (χ3v) is 3.59. The lowest BCUT2D eigenvalue weighted by molar-refractivity contribution is -0.402. The number of aromatic nitrogens is 1. The Bertz CT molecular complexity index is 673. The zero-order chi connectivity index (χ0) is 14.3. The third kappa shape index (κ3) is 1.87. The number of hydrogen-bond acceptors (Lipinski definition) is 4. The predicted molar refractivity (Wildman–Crippen MR) is 69.2 cm³/mol. The maximum atomic E-state index is 12.4. The number of fused-ring (bicyclic) bond motifs is 1. The smallest absolute Gasteiger partial charge is 0.395 e. The molecule has 20 heavy (non-hydrogen) atoms. The first-order valence-corrected chi connectivity index (χ1v) is 6.28. The van der Waals surface area contributed by atoms with Gasteiger partial charge in [-0.25, -0.2) is 0 Å². The normalized spacial score (nSPS) is 17.9. The zero-order valence-electron chi connectivity index (χ0n) is 10.9. The molecule has 1 aliphatic heterocycles. The molecule has 7 nitrogen and oxygen atoms in total. The van der Waals surface area contributed by atoms with Gasteiger partial charge in [0.05, 0.1) is 12.1 Å². The van der Waals surface area contributed by atoms with E-state index in [1.807, 2.05) is 25.3 Å². The molecule has 3 heterocycles. The van der Waals surface area contributed by atoms with Crippen LogP contribution in [0.4, 0.5) is 5.88 Å². The quantitative estimate of drug-likeness (QED) is 0.621. The zero-order valence-corrected chi connectivity index (χ0v) is 10.9. The molecule has 1 amide bonds. The minimum atomic E-state index is -0.651. The molecule has 0 spiro atoms. The summed E-state index contributed by atoms with van der Waals surface area (Å²) >= 11 is 0. The van der Waals surface area contributed by atoms with Gasteiger partial charge in [0.25, 0.3) is 5.91 Å². The van der Waals surface area contributed by atoms with E-state index in [-0.39, 0.29) is 17.7 Å². The minimum absolute atomic E-state index is 0.00329. The van der Waals surface area contributed by atoms with Gasteiger partial charge in [0.2, 0.25) is 0 Å². The topological polar surface area (TPSA) is 81.5 Å². The van der Waals surface area contributed by atoms with Gasteiger partial charge in [-0.2, -0.15) is 0 Å². The summed E-state index contributed by atoms with van der Waals surface area (Å²) in [5.74, 6) is -0.733. The average molecular weight is 275 g/mol. The lowest BCUT2D eigenvalue weighted by Gasteiger charge is -2.34. The van der Waals surface area contributed by atoms with Gasteiger partial charge in [0.1, 0.15) is 4.92 Å². The summed E-state index contributed by atoms with van der Waals surface area (Å²) < 4.78 is 7.08. The first kappa shape index (κ1) is 12.5. The van der Waals surface area contributed by atoms with Crippen LogP contribution in [0, 0.1) is 10.1 Å². The Labute approximate surface area is 114 Å². The van der Waals surface area contributed by atoms with Crippen molar-refractivity contribution < 1.29 is 14.1 Å². The molecule has 7 heteroatoms. The first-order chi connectivity index (χ1) is 9.58. The van der Waals surface area contributed by atoms with Crippen molar-refractivity contribution in [3.63, 3.8) is 0 Å². The number of nitrogens with zero attached hydrogens (tertiary/aromatic N) is 3. The number of rotatable bonds is 2. The molecule has 0 fully saturated rings. The molecule has 2 aromatic rings. The van der Waals surface area contributed by atoms with Crippen LogP contribution in [0.3, 0.4) is 0 Å². The van der Waals surface area contributed by atoms with E-state index >= 15 is 0 Å². The van der Waals surface area contributed by atoms with E-state index in [4.69, 9.17) is 4.42 Å². The van der Waals surface area contributed by atoms with Crippen LogP contribution in [0.15, 0.2) is 34.9 Å². The summed E-state index contributed by atoms with van der Waals surface area (Å²) in [5.41, 5.74) is 1.05. The van der Waals surface area contributed by atoms with Crippen LogP contribution in [0.1, 0.15) is 29.2 Å². The Balaban J connectivity index is 1.86. The van der Waals surface area contributed by atoms with E-state index in [2.05, 4.69) is 4.57 Å². The highest BCUT2D eigenvalue weighted by Gasteiger charge is 2.30. The van der Waals surface area contributed by atoms with E-state index in [0.29, 0.717) is 13.1 Å². The van der Waals surface area contributed by atoms with Gasteiger partial charge in [-0.05, 0) is 25.1 Å². The minimum Gasteiger partial charge on any atom is -0.395 e. The molecule has 1 aliphatic rings. The fourth-order valence-electron chi connectivity index (χ4n) is 2.54. The molecule has 2 aromatic heterocycles. The van der Waals surface area contributed by atoms with Gasteiger partial charge in [0, 0.05) is 25.0 Å². The molecule has 104 valence electrons. The monoisotopic (exact) mass is 275 g/mol. The largest absolute Gasteiger partial charge is 0.433 e.